The zero-order valence-electron chi connectivity index (χ0n) is 16.2. The van der Waals surface area contributed by atoms with E-state index in [0.717, 1.165) is 25.0 Å². The first-order valence-electron chi connectivity index (χ1n) is 9.79. The Morgan fingerprint density at radius 1 is 1.26 bits per heavy atom. The first-order chi connectivity index (χ1) is 13.0. The van der Waals surface area contributed by atoms with Crippen LogP contribution in [0.3, 0.4) is 0 Å². The number of hydrogen-bond acceptors (Lipinski definition) is 5. The summed E-state index contributed by atoms with van der Waals surface area (Å²) >= 11 is 0. The Balaban J connectivity index is 1.73. The van der Waals surface area contributed by atoms with Gasteiger partial charge in [-0.2, -0.15) is 0 Å². The van der Waals surface area contributed by atoms with Crippen LogP contribution in [0.15, 0.2) is 35.7 Å². The number of amides is 1. The summed E-state index contributed by atoms with van der Waals surface area (Å²) in [6.45, 7) is 3.43. The number of ketones is 1. The number of ether oxygens (including phenoxy) is 1. The van der Waals surface area contributed by atoms with Crippen LogP contribution < -0.4 is 0 Å². The van der Waals surface area contributed by atoms with Crippen molar-refractivity contribution in [2.75, 3.05) is 27.2 Å². The average molecular weight is 369 g/mol. The van der Waals surface area contributed by atoms with Gasteiger partial charge in [0, 0.05) is 19.3 Å². The van der Waals surface area contributed by atoms with Crippen molar-refractivity contribution in [1.82, 2.24) is 14.8 Å². The molecule has 0 aromatic carbocycles. The molecule has 4 atom stereocenters. The summed E-state index contributed by atoms with van der Waals surface area (Å²) in [5, 5.41) is 0. The second kappa shape index (κ2) is 7.08. The molecule has 4 rings (SSSR count). The lowest BCUT2D eigenvalue weighted by Crippen LogP contribution is -2.41. The Morgan fingerprint density at radius 3 is 2.78 bits per heavy atom. The Labute approximate surface area is 160 Å². The summed E-state index contributed by atoms with van der Waals surface area (Å²) in [5.41, 5.74) is 1.25. The molecule has 0 spiro atoms. The van der Waals surface area contributed by atoms with Crippen molar-refractivity contribution < 1.29 is 14.3 Å². The highest BCUT2D eigenvalue weighted by Gasteiger charge is 2.52. The van der Waals surface area contributed by atoms with E-state index in [2.05, 4.69) is 11.9 Å². The number of Topliss-reactive ketones (excluding diaryl/α,β-unsaturated/α-hetero) is 1. The molecule has 0 saturated heterocycles. The molecule has 1 aliphatic carbocycles. The van der Waals surface area contributed by atoms with E-state index >= 15 is 0 Å². The van der Waals surface area contributed by atoms with E-state index in [1.54, 1.807) is 11.1 Å². The lowest BCUT2D eigenvalue weighted by molar-refractivity contribution is -0.136. The molecular formula is C21H27N3O3. The summed E-state index contributed by atoms with van der Waals surface area (Å²) in [7, 11) is 3.95. The third kappa shape index (κ3) is 3.16. The maximum atomic E-state index is 13.4. The van der Waals surface area contributed by atoms with Crippen molar-refractivity contribution in [3.05, 3.63) is 41.4 Å². The molecule has 144 valence electrons. The highest BCUT2D eigenvalue weighted by molar-refractivity contribution is 6.11. The molecule has 0 N–H and O–H groups in total. The van der Waals surface area contributed by atoms with Gasteiger partial charge < -0.3 is 14.5 Å². The predicted molar refractivity (Wildman–Crippen MR) is 101 cm³/mol. The van der Waals surface area contributed by atoms with Crippen LogP contribution in [-0.2, 0) is 14.3 Å². The van der Waals surface area contributed by atoms with E-state index in [4.69, 9.17) is 4.74 Å². The number of fused-ring (bicyclic) bond motifs is 1. The van der Waals surface area contributed by atoms with Crippen LogP contribution in [0, 0.1) is 11.8 Å². The molecule has 0 radical (unpaired) electrons. The fraction of sp³-hybridized carbons (Fsp3) is 0.571. The first kappa shape index (κ1) is 18.2. The average Bonchev–Trinajstić information content (AvgIpc) is 2.94. The highest BCUT2D eigenvalue weighted by Crippen LogP contribution is 2.46. The molecule has 1 aromatic rings. The second-order valence-electron chi connectivity index (χ2n) is 8.25. The van der Waals surface area contributed by atoms with Crippen LogP contribution >= 0.6 is 0 Å². The second-order valence-corrected chi connectivity index (χ2v) is 8.25. The van der Waals surface area contributed by atoms with E-state index in [9.17, 15) is 9.59 Å². The van der Waals surface area contributed by atoms with Gasteiger partial charge in [0.1, 0.15) is 12.1 Å². The molecule has 1 aromatic heterocycles. The number of likely N-dealkylation sites (N-methyl/N-ethyl adjacent to an activating group) is 1. The van der Waals surface area contributed by atoms with Gasteiger partial charge in [0.15, 0.2) is 11.5 Å². The van der Waals surface area contributed by atoms with Crippen molar-refractivity contribution >= 4 is 11.7 Å². The maximum Gasteiger partial charge on any atom is 0.290 e. The summed E-state index contributed by atoms with van der Waals surface area (Å²) in [6.07, 6.45) is 4.27. The fourth-order valence-electron chi connectivity index (χ4n) is 4.51. The number of aromatic nitrogens is 1. The monoisotopic (exact) mass is 369 g/mol. The van der Waals surface area contributed by atoms with Crippen LogP contribution in [0.5, 0.6) is 0 Å². The minimum absolute atomic E-state index is 0.0872. The zero-order valence-corrected chi connectivity index (χ0v) is 16.2. The SMILES string of the molecule is CC1CCC2OC3=C(C(=O)C2C1)C(c1ccccn1)N(CCN(C)C)C3=O. The number of hydrogen-bond donors (Lipinski definition) is 0. The van der Waals surface area contributed by atoms with Gasteiger partial charge in [0.25, 0.3) is 5.91 Å². The van der Waals surface area contributed by atoms with Gasteiger partial charge in [0.05, 0.1) is 17.2 Å². The number of pyridine rings is 1. The molecule has 1 saturated carbocycles. The quantitative estimate of drug-likeness (QED) is 0.814. The zero-order chi connectivity index (χ0) is 19.1. The fourth-order valence-corrected chi connectivity index (χ4v) is 4.51. The largest absolute Gasteiger partial charge is 0.483 e. The molecular weight excluding hydrogens is 342 g/mol. The Morgan fingerprint density at radius 2 is 2.07 bits per heavy atom. The van der Waals surface area contributed by atoms with Crippen molar-refractivity contribution in [2.45, 2.75) is 38.3 Å². The van der Waals surface area contributed by atoms with Crippen molar-refractivity contribution in [3.63, 3.8) is 0 Å². The van der Waals surface area contributed by atoms with Crippen LogP contribution in [0.25, 0.3) is 0 Å². The van der Waals surface area contributed by atoms with Gasteiger partial charge in [-0.3, -0.25) is 14.6 Å². The molecule has 6 heteroatoms. The van der Waals surface area contributed by atoms with Crippen LogP contribution in [0.2, 0.25) is 0 Å². The van der Waals surface area contributed by atoms with E-state index in [1.165, 1.54) is 0 Å². The summed E-state index contributed by atoms with van der Waals surface area (Å²) in [4.78, 5) is 34.9. The van der Waals surface area contributed by atoms with Crippen molar-refractivity contribution in [1.29, 1.82) is 0 Å². The molecule has 2 aliphatic heterocycles. The van der Waals surface area contributed by atoms with E-state index < -0.39 is 6.04 Å². The predicted octanol–water partition coefficient (Wildman–Crippen LogP) is 2.18. The Hall–Kier alpha value is -2.21. The molecule has 27 heavy (non-hydrogen) atoms. The smallest absolute Gasteiger partial charge is 0.290 e. The number of nitrogens with zero attached hydrogens (tertiary/aromatic N) is 3. The van der Waals surface area contributed by atoms with Crippen LogP contribution in [0.4, 0.5) is 0 Å². The van der Waals surface area contributed by atoms with Gasteiger partial charge in [-0.05, 0) is 51.4 Å². The van der Waals surface area contributed by atoms with Crippen molar-refractivity contribution in [3.8, 4) is 0 Å². The summed E-state index contributed by atoms with van der Waals surface area (Å²) in [5.74, 6) is 0.554. The van der Waals surface area contributed by atoms with E-state index in [0.29, 0.717) is 24.6 Å². The third-order valence-electron chi connectivity index (χ3n) is 5.96. The minimum Gasteiger partial charge on any atom is -0.483 e. The first-order valence-corrected chi connectivity index (χ1v) is 9.79. The maximum absolute atomic E-state index is 13.4. The van der Waals surface area contributed by atoms with Gasteiger partial charge in [-0.15, -0.1) is 0 Å². The lowest BCUT2D eigenvalue weighted by atomic mass is 9.74. The van der Waals surface area contributed by atoms with Crippen molar-refractivity contribution in [2.24, 2.45) is 11.8 Å². The topological polar surface area (TPSA) is 62.7 Å². The number of rotatable bonds is 4. The number of carbonyl (C=O) groups excluding carboxylic acids is 2. The number of carbonyl (C=O) groups is 2. The Kier molecular flexibility index (Phi) is 4.76. The van der Waals surface area contributed by atoms with Gasteiger partial charge >= 0.3 is 0 Å². The van der Waals surface area contributed by atoms with Gasteiger partial charge in [-0.1, -0.05) is 13.0 Å². The van der Waals surface area contributed by atoms with Crippen LogP contribution in [-0.4, -0.2) is 59.8 Å². The molecule has 4 unspecified atom stereocenters. The summed E-state index contributed by atoms with van der Waals surface area (Å²) < 4.78 is 6.16. The van der Waals surface area contributed by atoms with Crippen LogP contribution in [0.1, 0.15) is 37.9 Å². The van der Waals surface area contributed by atoms with Gasteiger partial charge in [0.2, 0.25) is 0 Å². The third-order valence-corrected chi connectivity index (χ3v) is 5.96. The highest BCUT2D eigenvalue weighted by atomic mass is 16.5. The van der Waals surface area contributed by atoms with Gasteiger partial charge in [-0.25, -0.2) is 0 Å². The normalized spacial score (nSPS) is 30.4. The molecule has 1 fully saturated rings. The molecule has 0 bridgehead atoms. The Bertz CT molecular complexity index is 774. The molecule has 3 heterocycles. The molecule has 3 aliphatic rings. The van der Waals surface area contributed by atoms with E-state index in [-0.39, 0.29) is 29.5 Å². The molecule has 6 nitrogen and oxygen atoms in total. The molecule has 1 amide bonds. The van der Waals surface area contributed by atoms with E-state index in [1.807, 2.05) is 37.2 Å². The summed E-state index contributed by atoms with van der Waals surface area (Å²) in [6, 6.07) is 5.19. The standard InChI is InChI=1S/C21H27N3O3/c1-13-7-8-16-14(12-13)19(25)17-18(15-6-4-5-9-22-15)24(11-10-23(2)3)21(26)20(17)27-16/h4-6,9,13-14,16,18H,7-8,10-12H2,1-3H3. The minimum atomic E-state index is -0.445. The lowest BCUT2D eigenvalue weighted by Gasteiger charge is -2.37.